The van der Waals surface area contributed by atoms with Crippen LogP contribution in [-0.2, 0) is 16.5 Å². The van der Waals surface area contributed by atoms with Crippen molar-refractivity contribution >= 4 is 10.1 Å². The van der Waals surface area contributed by atoms with Gasteiger partial charge in [0.15, 0.2) is 0 Å². The lowest BCUT2D eigenvalue weighted by Crippen LogP contribution is -2.32. The van der Waals surface area contributed by atoms with Gasteiger partial charge in [-0.2, -0.15) is 8.42 Å². The van der Waals surface area contributed by atoms with Gasteiger partial charge in [0.2, 0.25) is 0 Å². The molecule has 0 fully saturated rings. The Morgan fingerprint density at radius 2 is 1.09 bits per heavy atom. The first-order valence-electron chi connectivity index (χ1n) is 13.0. The Hall–Kier alpha value is -1.03. The maximum absolute atomic E-state index is 11.3. The van der Waals surface area contributed by atoms with Crippen LogP contribution in [0.5, 0.6) is 0 Å². The van der Waals surface area contributed by atoms with Gasteiger partial charge in [0.1, 0.15) is 0 Å². The Morgan fingerprint density at radius 3 is 1.50 bits per heavy atom. The average molecular weight is 504 g/mol. The Kier molecular flexibility index (Phi) is 21.8. The van der Waals surface area contributed by atoms with Crippen LogP contribution < -0.4 is 0 Å². The molecule has 0 aromatic heterocycles. The highest BCUT2D eigenvalue weighted by Crippen LogP contribution is 2.18. The minimum atomic E-state index is -4.10. The number of benzene rings is 1. The van der Waals surface area contributed by atoms with Crippen LogP contribution in [-0.4, -0.2) is 72.6 Å². The molecular formula is C26H49NO6S. The summed E-state index contributed by atoms with van der Waals surface area (Å²) in [7, 11) is -4.10. The molecule has 0 radical (unpaired) electrons. The molecule has 200 valence electrons. The number of aliphatic hydroxyl groups is 3. The van der Waals surface area contributed by atoms with E-state index in [2.05, 4.69) is 6.92 Å². The molecule has 0 bridgehead atoms. The summed E-state index contributed by atoms with van der Waals surface area (Å²) in [6, 6.07) is 6.74. The van der Waals surface area contributed by atoms with Crippen LogP contribution in [0.1, 0.15) is 89.5 Å². The summed E-state index contributed by atoms with van der Waals surface area (Å²) in [4.78, 5) is 1.85. The van der Waals surface area contributed by atoms with Gasteiger partial charge in [-0.25, -0.2) is 0 Å². The number of hydrogen-bond donors (Lipinski definition) is 4. The number of nitrogens with zero attached hydrogens (tertiary/aromatic N) is 1. The molecule has 1 aromatic carbocycles. The molecule has 4 N–H and O–H groups in total. The second-order valence-electron chi connectivity index (χ2n) is 8.73. The minimum absolute atomic E-state index is 0.0630. The molecule has 0 aliphatic rings. The summed E-state index contributed by atoms with van der Waals surface area (Å²) in [5, 5.41) is 25.5. The third-order valence-electron chi connectivity index (χ3n) is 5.80. The summed E-state index contributed by atoms with van der Waals surface area (Å²) >= 11 is 0. The van der Waals surface area contributed by atoms with Gasteiger partial charge in [-0.05, 0) is 24.5 Å². The van der Waals surface area contributed by atoms with Crippen molar-refractivity contribution in [3.63, 3.8) is 0 Å². The lowest BCUT2D eigenvalue weighted by atomic mass is 10.0. The van der Waals surface area contributed by atoms with Gasteiger partial charge in [0, 0.05) is 19.6 Å². The Labute approximate surface area is 208 Å². The van der Waals surface area contributed by atoms with E-state index in [-0.39, 0.29) is 24.7 Å². The molecule has 7 nitrogen and oxygen atoms in total. The largest absolute Gasteiger partial charge is 0.395 e. The van der Waals surface area contributed by atoms with Crippen LogP contribution in [0, 0.1) is 0 Å². The Bertz CT molecular complexity index is 669. The normalized spacial score (nSPS) is 11.5. The SMILES string of the molecule is CCCCCCCCCCCCCCc1ccccc1S(=O)(=O)O.OCCN(CCO)CCO. The van der Waals surface area contributed by atoms with Crippen molar-refractivity contribution in [2.24, 2.45) is 0 Å². The average Bonchev–Trinajstić information content (AvgIpc) is 2.80. The topological polar surface area (TPSA) is 118 Å². The predicted molar refractivity (Wildman–Crippen MR) is 139 cm³/mol. The van der Waals surface area contributed by atoms with Crippen LogP contribution in [0.4, 0.5) is 0 Å². The molecular weight excluding hydrogens is 454 g/mol. The van der Waals surface area contributed by atoms with E-state index in [0.29, 0.717) is 26.1 Å². The fraction of sp³-hybridized carbons (Fsp3) is 0.769. The molecule has 1 rings (SSSR count). The molecule has 0 aliphatic heterocycles. The van der Waals surface area contributed by atoms with Crippen molar-refractivity contribution in [2.75, 3.05) is 39.5 Å². The molecule has 0 unspecified atom stereocenters. The Morgan fingerprint density at radius 1 is 0.676 bits per heavy atom. The quantitative estimate of drug-likeness (QED) is 0.153. The standard InChI is InChI=1S/C20H34O3S.C6H15NO3/c1-2-3-4-5-6-7-8-9-10-11-12-13-16-19-17-14-15-18-20(19)24(21,22)23;8-4-1-7(2-5-9)3-6-10/h14-15,17-18H,2-13,16H2,1H3,(H,21,22,23);8-10H,1-6H2. The van der Waals surface area contributed by atoms with Crippen molar-refractivity contribution < 1.29 is 28.3 Å². The van der Waals surface area contributed by atoms with E-state index in [0.717, 1.165) is 18.4 Å². The molecule has 0 aliphatic carbocycles. The van der Waals surface area contributed by atoms with Crippen LogP contribution >= 0.6 is 0 Å². The number of unbranched alkanes of at least 4 members (excludes halogenated alkanes) is 11. The van der Waals surface area contributed by atoms with Gasteiger partial charge in [-0.15, -0.1) is 0 Å². The van der Waals surface area contributed by atoms with Crippen molar-refractivity contribution in [1.29, 1.82) is 0 Å². The molecule has 1 aromatic rings. The minimum Gasteiger partial charge on any atom is -0.395 e. The van der Waals surface area contributed by atoms with Crippen LogP contribution in [0.25, 0.3) is 0 Å². The highest BCUT2D eigenvalue weighted by molar-refractivity contribution is 7.85. The van der Waals surface area contributed by atoms with Crippen LogP contribution in [0.2, 0.25) is 0 Å². The fourth-order valence-corrected chi connectivity index (χ4v) is 4.63. The fourth-order valence-electron chi connectivity index (χ4n) is 3.88. The van der Waals surface area contributed by atoms with E-state index in [1.807, 2.05) is 6.07 Å². The van der Waals surface area contributed by atoms with E-state index in [4.69, 9.17) is 15.3 Å². The van der Waals surface area contributed by atoms with E-state index in [9.17, 15) is 13.0 Å². The summed E-state index contributed by atoms with van der Waals surface area (Å²) in [5.41, 5.74) is 0.729. The van der Waals surface area contributed by atoms with Crippen molar-refractivity contribution in [2.45, 2.75) is 95.3 Å². The number of aryl methyl sites for hydroxylation is 1. The molecule has 8 heteroatoms. The zero-order valence-corrected chi connectivity index (χ0v) is 22.0. The second-order valence-corrected chi connectivity index (χ2v) is 10.1. The van der Waals surface area contributed by atoms with Gasteiger partial charge in [-0.3, -0.25) is 9.45 Å². The van der Waals surface area contributed by atoms with E-state index in [1.54, 1.807) is 17.0 Å². The third-order valence-corrected chi connectivity index (χ3v) is 6.75. The first-order valence-corrected chi connectivity index (χ1v) is 14.4. The maximum Gasteiger partial charge on any atom is 0.294 e. The molecule has 0 atom stereocenters. The summed E-state index contributed by atoms with van der Waals surface area (Å²) in [6.45, 7) is 4.00. The first-order chi connectivity index (χ1) is 16.4. The molecule has 0 heterocycles. The van der Waals surface area contributed by atoms with E-state index in [1.165, 1.54) is 70.3 Å². The predicted octanol–water partition coefficient (Wildman–Crippen LogP) is 4.44. The zero-order valence-electron chi connectivity index (χ0n) is 21.2. The zero-order chi connectivity index (χ0) is 25.5. The lowest BCUT2D eigenvalue weighted by Gasteiger charge is -2.17. The first kappa shape index (κ1) is 33.0. The molecule has 0 saturated heterocycles. The highest BCUT2D eigenvalue weighted by atomic mass is 32.2. The second kappa shape index (κ2) is 22.4. The number of aliphatic hydroxyl groups excluding tert-OH is 3. The van der Waals surface area contributed by atoms with Gasteiger partial charge in [-0.1, -0.05) is 95.8 Å². The molecule has 0 spiro atoms. The molecule has 0 amide bonds. The van der Waals surface area contributed by atoms with Crippen LogP contribution in [0.3, 0.4) is 0 Å². The van der Waals surface area contributed by atoms with Crippen molar-refractivity contribution in [3.8, 4) is 0 Å². The maximum atomic E-state index is 11.3. The molecule has 34 heavy (non-hydrogen) atoms. The molecule has 0 saturated carbocycles. The van der Waals surface area contributed by atoms with E-state index >= 15 is 0 Å². The summed E-state index contributed by atoms with van der Waals surface area (Å²) in [6.07, 6.45) is 16.2. The van der Waals surface area contributed by atoms with Gasteiger partial charge in [0.25, 0.3) is 10.1 Å². The van der Waals surface area contributed by atoms with Crippen LogP contribution in [0.15, 0.2) is 29.2 Å². The third kappa shape index (κ3) is 18.3. The highest BCUT2D eigenvalue weighted by Gasteiger charge is 2.13. The smallest absolute Gasteiger partial charge is 0.294 e. The van der Waals surface area contributed by atoms with Gasteiger partial charge >= 0.3 is 0 Å². The summed E-state index contributed by atoms with van der Waals surface area (Å²) < 4.78 is 31.9. The van der Waals surface area contributed by atoms with Gasteiger partial charge in [0.05, 0.1) is 24.7 Å². The number of hydrogen-bond acceptors (Lipinski definition) is 6. The van der Waals surface area contributed by atoms with Crippen molar-refractivity contribution in [1.82, 2.24) is 4.90 Å². The number of rotatable bonds is 20. The van der Waals surface area contributed by atoms with E-state index < -0.39 is 10.1 Å². The summed E-state index contributed by atoms with van der Waals surface area (Å²) in [5.74, 6) is 0. The lowest BCUT2D eigenvalue weighted by molar-refractivity contribution is 0.136. The Balaban J connectivity index is 0.000000916. The monoisotopic (exact) mass is 503 g/mol. The van der Waals surface area contributed by atoms with Gasteiger partial charge < -0.3 is 15.3 Å². The van der Waals surface area contributed by atoms with Crippen molar-refractivity contribution in [3.05, 3.63) is 29.8 Å².